The molecule has 1 fully saturated rings. The van der Waals surface area contributed by atoms with Gasteiger partial charge in [-0.3, -0.25) is 0 Å². The third kappa shape index (κ3) is 2.30. The summed E-state index contributed by atoms with van der Waals surface area (Å²) in [5.41, 5.74) is 0.843. The zero-order valence-electron chi connectivity index (χ0n) is 7.36. The normalized spacial score (nSPS) is 32.4. The first-order valence-corrected chi connectivity index (χ1v) is 4.27. The number of hydrogen-bond donors (Lipinski definition) is 2. The zero-order valence-corrected chi connectivity index (χ0v) is 7.36. The van der Waals surface area contributed by atoms with E-state index in [9.17, 15) is 5.11 Å². The Kier molecular flexibility index (Phi) is 3.26. The second-order valence-corrected chi connectivity index (χ2v) is 3.30. The Labute approximate surface area is 72.7 Å². The summed E-state index contributed by atoms with van der Waals surface area (Å²) in [5.74, 6) is 0.217. The van der Waals surface area contributed by atoms with Gasteiger partial charge in [0.05, 0.1) is 12.7 Å². The van der Waals surface area contributed by atoms with Gasteiger partial charge in [0.1, 0.15) is 0 Å². The van der Waals surface area contributed by atoms with Gasteiger partial charge in [-0.15, -0.1) is 0 Å². The maximum Gasteiger partial charge on any atom is 0.151 e. The highest BCUT2D eigenvalue weighted by Gasteiger charge is 2.27. The monoisotopic (exact) mass is 172 g/mol. The van der Waals surface area contributed by atoms with Crippen molar-refractivity contribution in [2.45, 2.75) is 32.2 Å². The average Bonchev–Trinajstić information content (AvgIpc) is 2.30. The van der Waals surface area contributed by atoms with Gasteiger partial charge < -0.3 is 14.9 Å². The first kappa shape index (κ1) is 9.71. The van der Waals surface area contributed by atoms with Gasteiger partial charge in [0.25, 0.3) is 0 Å². The van der Waals surface area contributed by atoms with Crippen LogP contribution >= 0.6 is 0 Å². The summed E-state index contributed by atoms with van der Waals surface area (Å²) in [6.07, 6.45) is 0.586. The Morgan fingerprint density at radius 2 is 2.33 bits per heavy atom. The van der Waals surface area contributed by atoms with Crippen LogP contribution in [0.5, 0.6) is 0 Å². The van der Waals surface area contributed by atoms with E-state index in [-0.39, 0.29) is 12.0 Å². The topological polar surface area (TPSA) is 49.7 Å². The van der Waals surface area contributed by atoms with Crippen LogP contribution in [0.4, 0.5) is 0 Å². The van der Waals surface area contributed by atoms with Gasteiger partial charge in [-0.2, -0.15) is 0 Å². The molecule has 0 aromatic rings. The van der Waals surface area contributed by atoms with Gasteiger partial charge in [0.15, 0.2) is 6.29 Å². The summed E-state index contributed by atoms with van der Waals surface area (Å²) in [6, 6.07) is 0. The molecule has 70 valence electrons. The summed E-state index contributed by atoms with van der Waals surface area (Å²) in [5, 5.41) is 18.2. The number of aliphatic hydroxyl groups excluding tert-OH is 2. The van der Waals surface area contributed by atoms with Crippen LogP contribution in [0.3, 0.4) is 0 Å². The number of aliphatic hydroxyl groups is 2. The summed E-state index contributed by atoms with van der Waals surface area (Å²) >= 11 is 0. The molecule has 0 aromatic heterocycles. The lowest BCUT2D eigenvalue weighted by Crippen LogP contribution is -2.15. The molecule has 1 rings (SSSR count). The van der Waals surface area contributed by atoms with Crippen molar-refractivity contribution >= 4 is 0 Å². The minimum atomic E-state index is -0.726. The Morgan fingerprint density at radius 3 is 2.75 bits per heavy atom. The smallest absolute Gasteiger partial charge is 0.151 e. The van der Waals surface area contributed by atoms with Crippen molar-refractivity contribution in [3.05, 3.63) is 12.2 Å². The molecule has 3 nitrogen and oxygen atoms in total. The molecule has 0 heterocycles. The Hall–Kier alpha value is -0.380. The SMILES string of the molecule is C=C1C(COC(C)O)CC[C@H]1O. The van der Waals surface area contributed by atoms with Crippen molar-refractivity contribution in [3.63, 3.8) is 0 Å². The first-order chi connectivity index (χ1) is 5.61. The molecule has 0 aliphatic heterocycles. The molecule has 0 bridgehead atoms. The summed E-state index contributed by atoms with van der Waals surface area (Å²) in [7, 11) is 0. The molecule has 3 heteroatoms. The highest BCUT2D eigenvalue weighted by Crippen LogP contribution is 2.30. The van der Waals surface area contributed by atoms with Crippen LogP contribution in [0.25, 0.3) is 0 Å². The quantitative estimate of drug-likeness (QED) is 0.486. The average molecular weight is 172 g/mol. The van der Waals surface area contributed by atoms with Crippen LogP contribution in [-0.4, -0.2) is 29.2 Å². The van der Waals surface area contributed by atoms with E-state index in [2.05, 4.69) is 6.58 Å². The molecule has 0 amide bonds. The molecule has 0 aromatic carbocycles. The largest absolute Gasteiger partial charge is 0.389 e. The Bertz CT molecular complexity index is 165. The van der Waals surface area contributed by atoms with Gasteiger partial charge >= 0.3 is 0 Å². The molecule has 1 saturated carbocycles. The van der Waals surface area contributed by atoms with Gasteiger partial charge in [-0.1, -0.05) is 6.58 Å². The lowest BCUT2D eigenvalue weighted by molar-refractivity contribution is -0.0927. The van der Waals surface area contributed by atoms with E-state index in [1.807, 2.05) is 0 Å². The Balaban J connectivity index is 2.30. The lowest BCUT2D eigenvalue weighted by Gasteiger charge is -2.13. The van der Waals surface area contributed by atoms with Crippen LogP contribution in [0.2, 0.25) is 0 Å². The summed E-state index contributed by atoms with van der Waals surface area (Å²) < 4.78 is 5.03. The molecule has 2 unspecified atom stereocenters. The first-order valence-electron chi connectivity index (χ1n) is 4.27. The van der Waals surface area contributed by atoms with Crippen molar-refractivity contribution in [1.82, 2.24) is 0 Å². The standard InChI is InChI=1S/C9H16O3/c1-6-8(3-4-9(6)11)5-12-7(2)10/h7-11H,1,3-5H2,2H3/t7?,8?,9-/m1/s1. The van der Waals surface area contributed by atoms with Crippen molar-refractivity contribution in [2.24, 2.45) is 5.92 Å². The highest BCUT2D eigenvalue weighted by atomic mass is 16.6. The fraction of sp³-hybridized carbons (Fsp3) is 0.778. The maximum atomic E-state index is 9.32. The molecule has 2 N–H and O–H groups in total. The zero-order chi connectivity index (χ0) is 9.14. The molecular weight excluding hydrogens is 156 g/mol. The van der Waals surface area contributed by atoms with Gasteiger partial charge in [0, 0.05) is 5.92 Å². The maximum absolute atomic E-state index is 9.32. The number of hydrogen-bond acceptors (Lipinski definition) is 3. The molecular formula is C9H16O3. The predicted octanol–water partition coefficient (Wildman–Crippen LogP) is 0.668. The van der Waals surface area contributed by atoms with E-state index in [4.69, 9.17) is 9.84 Å². The van der Waals surface area contributed by atoms with Gasteiger partial charge in [-0.25, -0.2) is 0 Å². The molecule has 12 heavy (non-hydrogen) atoms. The third-order valence-corrected chi connectivity index (χ3v) is 2.28. The van der Waals surface area contributed by atoms with Crippen molar-refractivity contribution in [3.8, 4) is 0 Å². The van der Waals surface area contributed by atoms with E-state index < -0.39 is 6.29 Å². The van der Waals surface area contributed by atoms with Crippen LogP contribution in [0.1, 0.15) is 19.8 Å². The minimum Gasteiger partial charge on any atom is -0.389 e. The minimum absolute atomic E-state index is 0.217. The van der Waals surface area contributed by atoms with E-state index in [1.165, 1.54) is 0 Å². The molecule has 0 saturated heterocycles. The van der Waals surface area contributed by atoms with E-state index >= 15 is 0 Å². The second-order valence-electron chi connectivity index (χ2n) is 3.30. The fourth-order valence-corrected chi connectivity index (χ4v) is 1.45. The van der Waals surface area contributed by atoms with Gasteiger partial charge in [-0.05, 0) is 25.3 Å². The number of ether oxygens (including phenoxy) is 1. The van der Waals surface area contributed by atoms with E-state index in [1.54, 1.807) is 6.92 Å². The van der Waals surface area contributed by atoms with Crippen LogP contribution < -0.4 is 0 Å². The summed E-state index contributed by atoms with van der Waals surface area (Å²) in [4.78, 5) is 0. The summed E-state index contributed by atoms with van der Waals surface area (Å²) in [6.45, 7) is 5.83. The highest BCUT2D eigenvalue weighted by molar-refractivity contribution is 5.12. The van der Waals surface area contributed by atoms with Crippen molar-refractivity contribution < 1.29 is 14.9 Å². The Morgan fingerprint density at radius 1 is 1.67 bits per heavy atom. The molecule has 1 aliphatic carbocycles. The fourth-order valence-electron chi connectivity index (χ4n) is 1.45. The lowest BCUT2D eigenvalue weighted by atomic mass is 10.1. The van der Waals surface area contributed by atoms with Crippen LogP contribution in [-0.2, 0) is 4.74 Å². The molecule has 1 aliphatic rings. The molecule has 3 atom stereocenters. The van der Waals surface area contributed by atoms with E-state index in [0.717, 1.165) is 18.4 Å². The predicted molar refractivity (Wildman–Crippen MR) is 45.5 cm³/mol. The van der Waals surface area contributed by atoms with Crippen LogP contribution in [0, 0.1) is 5.92 Å². The number of rotatable bonds is 3. The second kappa shape index (κ2) is 4.03. The molecule has 0 radical (unpaired) electrons. The van der Waals surface area contributed by atoms with Crippen molar-refractivity contribution in [1.29, 1.82) is 0 Å². The third-order valence-electron chi connectivity index (χ3n) is 2.28. The van der Waals surface area contributed by atoms with Gasteiger partial charge in [0.2, 0.25) is 0 Å². The molecule has 0 spiro atoms. The van der Waals surface area contributed by atoms with Crippen molar-refractivity contribution in [2.75, 3.05) is 6.61 Å². The van der Waals surface area contributed by atoms with Crippen LogP contribution in [0.15, 0.2) is 12.2 Å². The van der Waals surface area contributed by atoms with E-state index in [0.29, 0.717) is 6.61 Å².